The molecule has 1 atom stereocenters. The Bertz CT molecular complexity index is 1050. The van der Waals surface area contributed by atoms with Gasteiger partial charge in [-0.2, -0.15) is 5.10 Å². The topological polar surface area (TPSA) is 64.0 Å². The Kier molecular flexibility index (Phi) is 4.85. The molecule has 1 aliphatic heterocycles. The average molecular weight is 498 g/mol. The van der Waals surface area contributed by atoms with Crippen molar-refractivity contribution >= 4 is 56.7 Å². The summed E-state index contributed by atoms with van der Waals surface area (Å²) in [4.78, 5) is 12.8. The smallest absolute Gasteiger partial charge is 0.257 e. The summed E-state index contributed by atoms with van der Waals surface area (Å²) in [6, 6.07) is 14.6. The molecule has 2 heterocycles. The van der Waals surface area contributed by atoms with Crippen LogP contribution in [0.3, 0.4) is 0 Å². The molecule has 0 saturated carbocycles. The number of hydrogen-bond acceptors (Lipinski definition) is 3. The van der Waals surface area contributed by atoms with E-state index in [0.29, 0.717) is 27.9 Å². The number of anilines is 1. The zero-order chi connectivity index (χ0) is 18.3. The quantitative estimate of drug-likeness (QED) is 0.553. The Hall–Kier alpha value is -1.71. The molecular weight excluding hydrogens is 485 g/mol. The molecule has 0 radical (unpaired) electrons. The van der Waals surface area contributed by atoms with E-state index in [9.17, 15) is 9.00 Å². The lowest BCUT2D eigenvalue weighted by molar-refractivity contribution is 0.102. The zero-order valence-corrected chi connectivity index (χ0v) is 17.1. The lowest BCUT2D eigenvalue weighted by Crippen LogP contribution is -2.17. The third-order valence-electron chi connectivity index (χ3n) is 4.07. The molecule has 4 rings (SSSR count). The predicted molar refractivity (Wildman–Crippen MR) is 111 cm³/mol. The number of halogens is 2. The maximum absolute atomic E-state index is 12.8. The molecule has 0 unspecified atom stereocenters. The molecule has 2 aromatic carbocycles. The Morgan fingerprint density at radius 1 is 1.19 bits per heavy atom. The maximum Gasteiger partial charge on any atom is 0.257 e. The molecule has 8 heteroatoms. The normalized spacial score (nSPS) is 15.7. The van der Waals surface area contributed by atoms with E-state index in [1.54, 1.807) is 22.9 Å². The van der Waals surface area contributed by atoms with Gasteiger partial charge in [-0.25, -0.2) is 4.68 Å². The summed E-state index contributed by atoms with van der Waals surface area (Å²) in [5.41, 5.74) is 2.90. The van der Waals surface area contributed by atoms with Crippen LogP contribution in [-0.2, 0) is 22.3 Å². The predicted octanol–water partition coefficient (Wildman–Crippen LogP) is 4.14. The third-order valence-corrected chi connectivity index (χ3v) is 6.45. The number of amides is 1. The van der Waals surface area contributed by atoms with Crippen molar-refractivity contribution in [3.8, 4) is 5.69 Å². The number of benzene rings is 2. The molecule has 1 aromatic heterocycles. The molecule has 1 aliphatic rings. The van der Waals surface area contributed by atoms with Gasteiger partial charge in [-0.15, -0.1) is 0 Å². The maximum atomic E-state index is 12.8. The minimum absolute atomic E-state index is 0.223. The zero-order valence-electron chi connectivity index (χ0n) is 13.4. The highest BCUT2D eigenvalue weighted by Gasteiger charge is 2.28. The molecule has 1 amide bonds. The Morgan fingerprint density at radius 2 is 2.00 bits per heavy atom. The van der Waals surface area contributed by atoms with Gasteiger partial charge in [0.1, 0.15) is 5.82 Å². The molecule has 26 heavy (non-hydrogen) atoms. The van der Waals surface area contributed by atoms with Crippen LogP contribution in [-0.4, -0.2) is 19.9 Å². The standard InChI is InChI=1S/C18H13ClIN3O2S/c19-11-4-3-5-12(8-11)23-17(14-9-26(25)10-16(14)22-23)21-18(24)13-6-1-2-7-15(13)20/h1-8H,9-10H2,(H,21,24)/t26-/m0/s1. The summed E-state index contributed by atoms with van der Waals surface area (Å²) < 4.78 is 14.5. The first-order valence-corrected chi connectivity index (χ1v) is 10.7. The number of nitrogens with one attached hydrogen (secondary N) is 1. The fourth-order valence-corrected chi connectivity index (χ4v) is 4.95. The molecular formula is C18H13ClIN3O2S. The van der Waals surface area contributed by atoms with Gasteiger partial charge in [0.2, 0.25) is 0 Å². The summed E-state index contributed by atoms with van der Waals surface area (Å²) in [6.45, 7) is 0. The summed E-state index contributed by atoms with van der Waals surface area (Å²) in [6.07, 6.45) is 0. The summed E-state index contributed by atoms with van der Waals surface area (Å²) in [5.74, 6) is 1.11. The van der Waals surface area contributed by atoms with Gasteiger partial charge in [0.15, 0.2) is 0 Å². The Balaban J connectivity index is 1.78. The molecule has 0 spiro atoms. The van der Waals surface area contributed by atoms with Gasteiger partial charge in [-0.05, 0) is 52.9 Å². The SMILES string of the molecule is O=C(Nc1c2c(nn1-c1cccc(Cl)c1)C[S@@](=O)C2)c1ccccc1I. The summed E-state index contributed by atoms with van der Waals surface area (Å²) in [7, 11) is -0.986. The van der Waals surface area contributed by atoms with Crippen LogP contribution in [0.25, 0.3) is 5.69 Å². The van der Waals surface area contributed by atoms with Crippen LogP contribution >= 0.6 is 34.2 Å². The largest absolute Gasteiger partial charge is 0.306 e. The van der Waals surface area contributed by atoms with E-state index in [1.807, 2.05) is 30.3 Å². The highest BCUT2D eigenvalue weighted by atomic mass is 127. The lowest BCUT2D eigenvalue weighted by Gasteiger charge is -2.12. The van der Waals surface area contributed by atoms with Gasteiger partial charge in [0.25, 0.3) is 5.91 Å². The van der Waals surface area contributed by atoms with E-state index in [2.05, 4.69) is 33.0 Å². The summed E-state index contributed by atoms with van der Waals surface area (Å²) >= 11 is 8.24. The minimum Gasteiger partial charge on any atom is -0.306 e. The fourth-order valence-electron chi connectivity index (χ4n) is 2.87. The van der Waals surface area contributed by atoms with E-state index in [0.717, 1.165) is 20.5 Å². The van der Waals surface area contributed by atoms with Crippen molar-refractivity contribution in [1.29, 1.82) is 0 Å². The van der Waals surface area contributed by atoms with Gasteiger partial charge in [0, 0.05) is 25.0 Å². The highest BCUT2D eigenvalue weighted by Crippen LogP contribution is 2.32. The van der Waals surface area contributed by atoms with Crippen molar-refractivity contribution in [3.05, 3.63) is 73.9 Å². The number of rotatable bonds is 3. The molecule has 1 N–H and O–H groups in total. The van der Waals surface area contributed by atoms with Crippen LogP contribution in [0, 0.1) is 3.57 Å². The number of aromatic nitrogens is 2. The first-order chi connectivity index (χ1) is 12.5. The number of fused-ring (bicyclic) bond motifs is 1. The summed E-state index contributed by atoms with van der Waals surface area (Å²) in [5, 5.41) is 8.12. The van der Waals surface area contributed by atoms with Gasteiger partial charge in [-0.1, -0.05) is 29.8 Å². The minimum atomic E-state index is -0.986. The van der Waals surface area contributed by atoms with E-state index in [-0.39, 0.29) is 5.91 Å². The monoisotopic (exact) mass is 497 g/mol. The molecule has 0 fully saturated rings. The van der Waals surface area contributed by atoms with Crippen molar-refractivity contribution < 1.29 is 9.00 Å². The molecule has 3 aromatic rings. The fraction of sp³-hybridized carbons (Fsp3) is 0.111. The number of carbonyl (C=O) groups excluding carboxylic acids is 1. The van der Waals surface area contributed by atoms with Crippen LogP contribution in [0.5, 0.6) is 0 Å². The lowest BCUT2D eigenvalue weighted by atomic mass is 10.2. The number of nitrogens with zero attached hydrogens (tertiary/aromatic N) is 2. The van der Waals surface area contributed by atoms with Crippen molar-refractivity contribution in [3.63, 3.8) is 0 Å². The second-order valence-corrected chi connectivity index (χ2v) is 8.88. The van der Waals surface area contributed by atoms with Crippen molar-refractivity contribution in [2.24, 2.45) is 0 Å². The van der Waals surface area contributed by atoms with E-state index in [4.69, 9.17) is 11.6 Å². The van der Waals surface area contributed by atoms with Gasteiger partial charge < -0.3 is 5.32 Å². The molecule has 0 aliphatic carbocycles. The second-order valence-electron chi connectivity index (χ2n) is 5.83. The molecule has 0 bridgehead atoms. The van der Waals surface area contributed by atoms with Crippen molar-refractivity contribution in [1.82, 2.24) is 9.78 Å². The Labute approximate surface area is 171 Å². The van der Waals surface area contributed by atoms with E-state index < -0.39 is 10.8 Å². The Morgan fingerprint density at radius 3 is 2.77 bits per heavy atom. The average Bonchev–Trinajstić information content (AvgIpc) is 3.12. The van der Waals surface area contributed by atoms with Gasteiger partial charge in [-0.3, -0.25) is 9.00 Å². The van der Waals surface area contributed by atoms with Crippen molar-refractivity contribution in [2.45, 2.75) is 11.5 Å². The third kappa shape index (κ3) is 3.30. The van der Waals surface area contributed by atoms with Crippen LogP contribution < -0.4 is 5.32 Å². The molecule has 132 valence electrons. The van der Waals surface area contributed by atoms with Crippen molar-refractivity contribution in [2.75, 3.05) is 5.32 Å². The van der Waals surface area contributed by atoms with Crippen LogP contribution in [0.15, 0.2) is 48.5 Å². The highest BCUT2D eigenvalue weighted by molar-refractivity contribution is 14.1. The molecule has 0 saturated heterocycles. The second kappa shape index (κ2) is 7.13. The number of carbonyl (C=O) groups is 1. The van der Waals surface area contributed by atoms with Gasteiger partial charge in [0.05, 0.1) is 28.5 Å². The van der Waals surface area contributed by atoms with Crippen LogP contribution in [0.1, 0.15) is 21.6 Å². The number of hydrogen-bond donors (Lipinski definition) is 1. The van der Waals surface area contributed by atoms with Crippen LogP contribution in [0.4, 0.5) is 5.82 Å². The first-order valence-electron chi connectivity index (χ1n) is 7.80. The van der Waals surface area contributed by atoms with E-state index >= 15 is 0 Å². The first kappa shape index (κ1) is 17.7. The molecule has 5 nitrogen and oxygen atoms in total. The van der Waals surface area contributed by atoms with E-state index in [1.165, 1.54) is 0 Å². The van der Waals surface area contributed by atoms with Gasteiger partial charge >= 0.3 is 0 Å². The van der Waals surface area contributed by atoms with Crippen LogP contribution in [0.2, 0.25) is 5.02 Å².